The first-order valence-electron chi connectivity index (χ1n) is 9.54. The van der Waals surface area contributed by atoms with Crippen LogP contribution in [-0.2, 0) is 17.6 Å². The Balaban J connectivity index is 1.36. The van der Waals surface area contributed by atoms with Gasteiger partial charge in [-0.15, -0.1) is 16.4 Å². The second-order valence-electron chi connectivity index (χ2n) is 6.65. The van der Waals surface area contributed by atoms with Crippen molar-refractivity contribution >= 4 is 28.5 Å². The van der Waals surface area contributed by atoms with Gasteiger partial charge in [0.2, 0.25) is 5.91 Å². The Bertz CT molecular complexity index is 1150. The maximum absolute atomic E-state index is 12.3. The number of hydrogen-bond donors (Lipinski definition) is 1. The van der Waals surface area contributed by atoms with Gasteiger partial charge in [0.25, 0.3) is 0 Å². The van der Waals surface area contributed by atoms with Crippen LogP contribution >= 0.6 is 11.3 Å². The maximum Gasteiger partial charge on any atom is 0.250 e. The average molecular weight is 417 g/mol. The number of hydrogen-bond acceptors (Lipinski definition) is 6. The van der Waals surface area contributed by atoms with E-state index in [0.29, 0.717) is 5.13 Å². The largest absolute Gasteiger partial charge is 0.298 e. The van der Waals surface area contributed by atoms with Crippen molar-refractivity contribution in [3.8, 4) is 5.69 Å². The first kappa shape index (κ1) is 19.7. The van der Waals surface area contributed by atoms with E-state index >= 15 is 0 Å². The van der Waals surface area contributed by atoms with Gasteiger partial charge in [-0.25, -0.2) is 9.67 Å². The summed E-state index contributed by atoms with van der Waals surface area (Å²) in [5.74, 6) is -0.226. The highest BCUT2D eigenvalue weighted by molar-refractivity contribution is 7.15. The fourth-order valence-corrected chi connectivity index (χ4v) is 3.76. The highest BCUT2D eigenvalue weighted by Crippen LogP contribution is 2.21. The zero-order valence-corrected chi connectivity index (χ0v) is 17.2. The molecular formula is C22H20N6OS. The van der Waals surface area contributed by atoms with E-state index in [1.165, 1.54) is 34.9 Å². The maximum atomic E-state index is 12.3. The normalized spacial score (nSPS) is 11.1. The molecule has 1 N–H and O–H groups in total. The molecule has 2 aromatic heterocycles. The van der Waals surface area contributed by atoms with Crippen LogP contribution in [0.5, 0.6) is 0 Å². The number of aromatic nitrogens is 5. The van der Waals surface area contributed by atoms with E-state index in [2.05, 4.69) is 57.0 Å². The Labute approximate surface area is 178 Å². The summed E-state index contributed by atoms with van der Waals surface area (Å²) in [7, 11) is 0. The summed E-state index contributed by atoms with van der Waals surface area (Å²) in [6.07, 6.45) is 8.40. The van der Waals surface area contributed by atoms with Crippen molar-refractivity contribution in [3.05, 3.63) is 88.7 Å². The van der Waals surface area contributed by atoms with Crippen LogP contribution in [0.2, 0.25) is 0 Å². The van der Waals surface area contributed by atoms with Crippen LogP contribution in [-0.4, -0.2) is 31.1 Å². The Morgan fingerprint density at radius 2 is 2.00 bits per heavy atom. The Morgan fingerprint density at radius 3 is 2.77 bits per heavy atom. The molecule has 0 aliphatic carbocycles. The minimum atomic E-state index is -0.226. The third-order valence-corrected chi connectivity index (χ3v) is 5.42. The predicted octanol–water partition coefficient (Wildman–Crippen LogP) is 3.92. The SMILES string of the molecule is CCc1ccc(Cc2cnc(NC(=O)/C=C/c3cccc(-n4cnnn4)c3)s2)cc1. The number of nitrogens with one attached hydrogen (secondary N) is 1. The third-order valence-electron chi connectivity index (χ3n) is 4.50. The first-order valence-corrected chi connectivity index (χ1v) is 10.4. The second-order valence-corrected chi connectivity index (χ2v) is 7.77. The van der Waals surface area contributed by atoms with Gasteiger partial charge in [-0.3, -0.25) is 10.1 Å². The van der Waals surface area contributed by atoms with E-state index in [0.717, 1.165) is 29.0 Å². The molecule has 30 heavy (non-hydrogen) atoms. The van der Waals surface area contributed by atoms with Crippen molar-refractivity contribution in [2.24, 2.45) is 0 Å². The van der Waals surface area contributed by atoms with Gasteiger partial charge in [0, 0.05) is 23.6 Å². The number of tetrazole rings is 1. The van der Waals surface area contributed by atoms with Gasteiger partial charge in [-0.1, -0.05) is 43.3 Å². The quantitative estimate of drug-likeness (QED) is 0.462. The van der Waals surface area contributed by atoms with E-state index in [4.69, 9.17) is 0 Å². The van der Waals surface area contributed by atoms with Crippen LogP contribution in [0.25, 0.3) is 11.8 Å². The van der Waals surface area contributed by atoms with Crippen molar-refractivity contribution in [3.63, 3.8) is 0 Å². The monoisotopic (exact) mass is 416 g/mol. The van der Waals surface area contributed by atoms with Crippen LogP contribution in [0.4, 0.5) is 5.13 Å². The number of rotatable bonds is 7. The number of carbonyl (C=O) groups is 1. The number of benzene rings is 2. The minimum absolute atomic E-state index is 0.226. The fourth-order valence-electron chi connectivity index (χ4n) is 2.91. The lowest BCUT2D eigenvalue weighted by Gasteiger charge is -2.01. The lowest BCUT2D eigenvalue weighted by atomic mass is 10.1. The zero-order valence-electron chi connectivity index (χ0n) is 16.4. The molecule has 2 heterocycles. The summed E-state index contributed by atoms with van der Waals surface area (Å²) in [4.78, 5) is 17.7. The summed E-state index contributed by atoms with van der Waals surface area (Å²) in [6, 6.07) is 16.2. The van der Waals surface area contributed by atoms with E-state index in [1.54, 1.807) is 10.8 Å². The highest BCUT2D eigenvalue weighted by atomic mass is 32.1. The van der Waals surface area contributed by atoms with Gasteiger partial charge in [0.1, 0.15) is 6.33 Å². The highest BCUT2D eigenvalue weighted by Gasteiger charge is 2.06. The number of amides is 1. The minimum Gasteiger partial charge on any atom is -0.298 e. The second kappa shape index (κ2) is 9.23. The molecule has 150 valence electrons. The molecule has 0 radical (unpaired) electrons. The average Bonchev–Trinajstić information content (AvgIpc) is 3.46. The molecular weight excluding hydrogens is 396 g/mol. The molecule has 0 fully saturated rings. The molecule has 8 heteroatoms. The third kappa shape index (κ3) is 5.03. The number of thiazole rings is 1. The van der Waals surface area contributed by atoms with Gasteiger partial charge in [0.05, 0.1) is 5.69 Å². The van der Waals surface area contributed by atoms with Gasteiger partial charge in [-0.2, -0.15) is 0 Å². The molecule has 0 saturated carbocycles. The Kier molecular flexibility index (Phi) is 6.05. The van der Waals surface area contributed by atoms with Crippen molar-refractivity contribution in [1.82, 2.24) is 25.2 Å². The molecule has 0 aliphatic heterocycles. The van der Waals surface area contributed by atoms with Crippen molar-refractivity contribution in [2.45, 2.75) is 19.8 Å². The van der Waals surface area contributed by atoms with E-state index in [9.17, 15) is 4.79 Å². The number of anilines is 1. The lowest BCUT2D eigenvalue weighted by Crippen LogP contribution is -2.07. The van der Waals surface area contributed by atoms with Gasteiger partial charge in [0.15, 0.2) is 5.13 Å². The van der Waals surface area contributed by atoms with Gasteiger partial charge in [-0.05, 0) is 51.7 Å². The molecule has 0 saturated heterocycles. The summed E-state index contributed by atoms with van der Waals surface area (Å²) in [6.45, 7) is 2.15. The first-order chi connectivity index (χ1) is 14.7. The topological polar surface area (TPSA) is 85.6 Å². The molecule has 2 aromatic carbocycles. The molecule has 7 nitrogen and oxygen atoms in total. The van der Waals surface area contributed by atoms with E-state index in [1.807, 2.05) is 30.5 Å². The van der Waals surface area contributed by atoms with Crippen molar-refractivity contribution in [2.75, 3.05) is 5.32 Å². The standard InChI is InChI=1S/C22H20N6OS/c1-2-16-6-8-18(9-7-16)13-20-14-23-22(30-20)25-21(29)11-10-17-4-3-5-19(12-17)28-15-24-26-27-28/h3-12,14-15H,2,13H2,1H3,(H,23,25,29)/b11-10+. The predicted molar refractivity (Wildman–Crippen MR) is 118 cm³/mol. The van der Waals surface area contributed by atoms with Crippen LogP contribution < -0.4 is 5.32 Å². The van der Waals surface area contributed by atoms with Gasteiger partial charge >= 0.3 is 0 Å². The molecule has 4 aromatic rings. The number of aryl methyl sites for hydroxylation is 1. The van der Waals surface area contributed by atoms with Crippen LogP contribution in [0.15, 0.2) is 67.1 Å². The molecule has 0 aliphatic rings. The van der Waals surface area contributed by atoms with Crippen LogP contribution in [0, 0.1) is 0 Å². The van der Waals surface area contributed by atoms with Gasteiger partial charge < -0.3 is 0 Å². The number of carbonyl (C=O) groups excluding carboxylic acids is 1. The van der Waals surface area contributed by atoms with Crippen LogP contribution in [0.1, 0.15) is 28.5 Å². The van der Waals surface area contributed by atoms with Crippen LogP contribution in [0.3, 0.4) is 0 Å². The molecule has 0 bridgehead atoms. The zero-order chi connectivity index (χ0) is 20.8. The number of nitrogens with zero attached hydrogens (tertiary/aromatic N) is 5. The summed E-state index contributed by atoms with van der Waals surface area (Å²) in [5.41, 5.74) is 4.25. The fraction of sp³-hybridized carbons (Fsp3) is 0.136. The molecule has 0 unspecified atom stereocenters. The molecule has 0 spiro atoms. The lowest BCUT2D eigenvalue weighted by molar-refractivity contribution is -0.111. The molecule has 4 rings (SSSR count). The summed E-state index contributed by atoms with van der Waals surface area (Å²) in [5, 5.41) is 14.5. The molecule has 0 atom stereocenters. The van der Waals surface area contributed by atoms with Crippen molar-refractivity contribution in [1.29, 1.82) is 0 Å². The Morgan fingerprint density at radius 1 is 1.17 bits per heavy atom. The summed E-state index contributed by atoms with van der Waals surface area (Å²) >= 11 is 1.49. The smallest absolute Gasteiger partial charge is 0.250 e. The van der Waals surface area contributed by atoms with E-state index < -0.39 is 0 Å². The van der Waals surface area contributed by atoms with Crippen molar-refractivity contribution < 1.29 is 4.79 Å². The van der Waals surface area contributed by atoms with E-state index in [-0.39, 0.29) is 5.91 Å². The molecule has 1 amide bonds. The summed E-state index contributed by atoms with van der Waals surface area (Å²) < 4.78 is 1.56. The Hall–Kier alpha value is -3.65.